The molecular formula is C14H15N3O2. The van der Waals surface area contributed by atoms with Gasteiger partial charge in [-0.25, -0.2) is 4.98 Å². The van der Waals surface area contributed by atoms with Gasteiger partial charge < -0.3 is 4.74 Å². The number of amides is 1. The number of benzene rings is 1. The second-order valence-corrected chi connectivity index (χ2v) is 4.13. The van der Waals surface area contributed by atoms with Gasteiger partial charge in [0, 0.05) is 24.9 Å². The molecule has 0 atom stereocenters. The van der Waals surface area contributed by atoms with Gasteiger partial charge in [-0.2, -0.15) is 4.98 Å². The Bertz CT molecular complexity index is 599. The van der Waals surface area contributed by atoms with Gasteiger partial charge in [-0.1, -0.05) is 17.7 Å². The van der Waals surface area contributed by atoms with Crippen LogP contribution < -0.4 is 9.64 Å². The fourth-order valence-electron chi connectivity index (χ4n) is 1.67. The minimum Gasteiger partial charge on any atom is -0.481 e. The first-order valence-corrected chi connectivity index (χ1v) is 5.83. The number of aryl methyl sites for hydroxylation is 1. The normalized spacial score (nSPS) is 10.1. The summed E-state index contributed by atoms with van der Waals surface area (Å²) in [6, 6.07) is 9.03. The zero-order valence-electron chi connectivity index (χ0n) is 11.1. The van der Waals surface area contributed by atoms with Crippen LogP contribution in [0.15, 0.2) is 36.5 Å². The third-order valence-electron chi connectivity index (χ3n) is 2.70. The molecule has 0 N–H and O–H groups in total. The van der Waals surface area contributed by atoms with E-state index in [-0.39, 0.29) is 5.91 Å². The third-order valence-corrected chi connectivity index (χ3v) is 2.70. The first kappa shape index (κ1) is 13.0. The first-order chi connectivity index (χ1) is 9.11. The molecule has 0 aliphatic heterocycles. The predicted molar refractivity (Wildman–Crippen MR) is 72.5 cm³/mol. The summed E-state index contributed by atoms with van der Waals surface area (Å²) < 4.78 is 5.02. The number of nitrogens with zero attached hydrogens (tertiary/aromatic N) is 3. The van der Waals surface area contributed by atoms with Gasteiger partial charge in [0.25, 0.3) is 5.91 Å². The Hall–Kier alpha value is -2.43. The molecule has 98 valence electrons. The van der Waals surface area contributed by atoms with E-state index in [0.29, 0.717) is 17.4 Å². The van der Waals surface area contributed by atoms with Gasteiger partial charge in [0.05, 0.1) is 7.11 Å². The quantitative estimate of drug-likeness (QED) is 0.844. The number of methoxy groups -OCH3 is 1. The van der Waals surface area contributed by atoms with Crippen molar-refractivity contribution in [2.45, 2.75) is 6.92 Å². The van der Waals surface area contributed by atoms with Gasteiger partial charge in [-0.3, -0.25) is 9.69 Å². The van der Waals surface area contributed by atoms with E-state index >= 15 is 0 Å². The lowest BCUT2D eigenvalue weighted by molar-refractivity contribution is 0.0991. The molecule has 0 spiro atoms. The zero-order valence-corrected chi connectivity index (χ0v) is 11.1. The summed E-state index contributed by atoms with van der Waals surface area (Å²) in [5.74, 6) is 0.580. The summed E-state index contributed by atoms with van der Waals surface area (Å²) in [6.07, 6.45) is 1.56. The average Bonchev–Trinajstić information content (AvgIpc) is 2.45. The average molecular weight is 257 g/mol. The van der Waals surface area contributed by atoms with Crippen LogP contribution in [0.25, 0.3) is 0 Å². The van der Waals surface area contributed by atoms with Crippen LogP contribution >= 0.6 is 0 Å². The fraction of sp³-hybridized carbons (Fsp3) is 0.214. The van der Waals surface area contributed by atoms with Crippen LogP contribution in [-0.4, -0.2) is 30.0 Å². The number of rotatable bonds is 3. The van der Waals surface area contributed by atoms with Gasteiger partial charge in [0.1, 0.15) is 0 Å². The SMILES string of the molecule is COc1ccnc(N(C)C(=O)c2cccc(C)c2)n1. The maximum absolute atomic E-state index is 12.3. The summed E-state index contributed by atoms with van der Waals surface area (Å²) in [5.41, 5.74) is 1.64. The number of anilines is 1. The number of carbonyl (C=O) groups is 1. The summed E-state index contributed by atoms with van der Waals surface area (Å²) in [5, 5.41) is 0. The van der Waals surface area contributed by atoms with Crippen LogP contribution in [0.5, 0.6) is 5.88 Å². The summed E-state index contributed by atoms with van der Waals surface area (Å²) in [6.45, 7) is 1.94. The number of hydrogen-bond donors (Lipinski definition) is 0. The van der Waals surface area contributed by atoms with Crippen molar-refractivity contribution in [3.05, 3.63) is 47.7 Å². The predicted octanol–water partition coefficient (Wildman–Crippen LogP) is 2.07. The number of aromatic nitrogens is 2. The van der Waals surface area contributed by atoms with Crippen LogP contribution in [0.1, 0.15) is 15.9 Å². The van der Waals surface area contributed by atoms with E-state index in [1.807, 2.05) is 25.1 Å². The molecule has 0 unspecified atom stereocenters. The van der Waals surface area contributed by atoms with E-state index in [4.69, 9.17) is 4.74 Å². The van der Waals surface area contributed by atoms with Gasteiger partial charge in [0.2, 0.25) is 11.8 Å². The lowest BCUT2D eigenvalue weighted by Gasteiger charge is -2.15. The van der Waals surface area contributed by atoms with Gasteiger partial charge in [-0.05, 0) is 19.1 Å². The molecule has 5 heteroatoms. The van der Waals surface area contributed by atoms with E-state index in [1.54, 1.807) is 25.4 Å². The van der Waals surface area contributed by atoms with Gasteiger partial charge in [-0.15, -0.1) is 0 Å². The Morgan fingerprint density at radius 2 is 2.11 bits per heavy atom. The van der Waals surface area contributed by atoms with E-state index < -0.39 is 0 Å². The molecule has 0 bridgehead atoms. The monoisotopic (exact) mass is 257 g/mol. The Morgan fingerprint density at radius 3 is 2.79 bits per heavy atom. The van der Waals surface area contributed by atoms with Crippen LogP contribution in [0.3, 0.4) is 0 Å². The smallest absolute Gasteiger partial charge is 0.260 e. The molecule has 0 saturated carbocycles. The van der Waals surface area contributed by atoms with Gasteiger partial charge >= 0.3 is 0 Å². The second kappa shape index (κ2) is 5.48. The van der Waals surface area contributed by atoms with Gasteiger partial charge in [0.15, 0.2) is 0 Å². The Balaban J connectivity index is 2.28. The minimum absolute atomic E-state index is 0.156. The maximum Gasteiger partial charge on any atom is 0.260 e. The van der Waals surface area contributed by atoms with Crippen LogP contribution in [0.2, 0.25) is 0 Å². The molecule has 0 aliphatic rings. The van der Waals surface area contributed by atoms with Crippen molar-refractivity contribution in [2.75, 3.05) is 19.1 Å². The summed E-state index contributed by atoms with van der Waals surface area (Å²) in [7, 11) is 3.16. The Kier molecular flexibility index (Phi) is 3.75. The highest BCUT2D eigenvalue weighted by molar-refractivity contribution is 6.04. The van der Waals surface area contributed by atoms with Crippen LogP contribution in [-0.2, 0) is 0 Å². The summed E-state index contributed by atoms with van der Waals surface area (Å²) in [4.78, 5) is 21.9. The van der Waals surface area contributed by atoms with E-state index in [2.05, 4.69) is 9.97 Å². The van der Waals surface area contributed by atoms with E-state index in [9.17, 15) is 4.79 Å². The molecule has 5 nitrogen and oxygen atoms in total. The molecule has 0 aliphatic carbocycles. The van der Waals surface area contributed by atoms with Crippen molar-refractivity contribution in [1.82, 2.24) is 9.97 Å². The molecule has 19 heavy (non-hydrogen) atoms. The highest BCUT2D eigenvalue weighted by Gasteiger charge is 2.16. The first-order valence-electron chi connectivity index (χ1n) is 5.83. The van der Waals surface area contributed by atoms with Crippen molar-refractivity contribution in [2.24, 2.45) is 0 Å². The highest BCUT2D eigenvalue weighted by atomic mass is 16.5. The Morgan fingerprint density at radius 1 is 1.32 bits per heavy atom. The van der Waals surface area contributed by atoms with Crippen molar-refractivity contribution < 1.29 is 9.53 Å². The number of ether oxygens (including phenoxy) is 1. The summed E-state index contributed by atoms with van der Waals surface area (Å²) >= 11 is 0. The van der Waals surface area contributed by atoms with Crippen molar-refractivity contribution >= 4 is 11.9 Å². The molecule has 1 heterocycles. The minimum atomic E-state index is -0.156. The molecule has 2 rings (SSSR count). The number of hydrogen-bond acceptors (Lipinski definition) is 4. The highest BCUT2D eigenvalue weighted by Crippen LogP contribution is 2.14. The standard InChI is InChI=1S/C14H15N3O2/c1-10-5-4-6-11(9-10)13(18)17(2)14-15-8-7-12(16-14)19-3/h4-9H,1-3H3. The lowest BCUT2D eigenvalue weighted by atomic mass is 10.1. The fourth-order valence-corrected chi connectivity index (χ4v) is 1.67. The van der Waals surface area contributed by atoms with E-state index in [1.165, 1.54) is 12.0 Å². The second-order valence-electron chi connectivity index (χ2n) is 4.13. The third kappa shape index (κ3) is 2.88. The van der Waals surface area contributed by atoms with Crippen molar-refractivity contribution in [3.63, 3.8) is 0 Å². The van der Waals surface area contributed by atoms with Crippen LogP contribution in [0, 0.1) is 6.92 Å². The molecule has 0 saturated heterocycles. The molecule has 1 aromatic carbocycles. The topological polar surface area (TPSA) is 55.3 Å². The zero-order chi connectivity index (χ0) is 13.8. The molecule has 1 amide bonds. The maximum atomic E-state index is 12.3. The van der Waals surface area contributed by atoms with E-state index in [0.717, 1.165) is 5.56 Å². The van der Waals surface area contributed by atoms with Crippen LogP contribution in [0.4, 0.5) is 5.95 Å². The Labute approximate surface area is 111 Å². The largest absolute Gasteiger partial charge is 0.481 e. The van der Waals surface area contributed by atoms with Crippen molar-refractivity contribution in [1.29, 1.82) is 0 Å². The number of carbonyl (C=O) groups excluding carboxylic acids is 1. The molecule has 2 aromatic rings. The van der Waals surface area contributed by atoms with Crippen molar-refractivity contribution in [3.8, 4) is 5.88 Å². The molecule has 0 fully saturated rings. The molecule has 0 radical (unpaired) electrons. The lowest BCUT2D eigenvalue weighted by Crippen LogP contribution is -2.28. The molecule has 1 aromatic heterocycles. The molecular weight excluding hydrogens is 242 g/mol.